The first-order valence-electron chi connectivity index (χ1n) is 8.44. The van der Waals surface area contributed by atoms with Crippen molar-refractivity contribution in [2.45, 2.75) is 25.9 Å². The van der Waals surface area contributed by atoms with Crippen LogP contribution in [0.4, 0.5) is 5.69 Å². The molecule has 2 aromatic carbocycles. The van der Waals surface area contributed by atoms with Crippen LogP contribution in [0.2, 0.25) is 0 Å². The summed E-state index contributed by atoms with van der Waals surface area (Å²) in [5, 5.41) is 2.93. The minimum Gasteiger partial charge on any atom is -0.490 e. The molecule has 0 atom stereocenters. The number of ether oxygens (including phenoxy) is 1. The Morgan fingerprint density at radius 2 is 1.75 bits per heavy atom. The van der Waals surface area contributed by atoms with E-state index in [4.69, 9.17) is 4.74 Å². The van der Waals surface area contributed by atoms with Crippen molar-refractivity contribution in [1.29, 1.82) is 0 Å². The third-order valence-electron chi connectivity index (χ3n) is 4.47. The van der Waals surface area contributed by atoms with Crippen LogP contribution in [-0.2, 0) is 0 Å². The Kier molecular flexibility index (Phi) is 5.16. The highest BCUT2D eigenvalue weighted by molar-refractivity contribution is 6.05. The SMILES string of the molecule is Cc1ccccc1C(=O)Nc1ccc(OC2CCN(C)CC2)cc1. The fourth-order valence-electron chi connectivity index (χ4n) is 2.94. The summed E-state index contributed by atoms with van der Waals surface area (Å²) in [5.74, 6) is 0.774. The Bertz CT molecular complexity index is 689. The van der Waals surface area contributed by atoms with Crippen LogP contribution >= 0.6 is 0 Å². The summed E-state index contributed by atoms with van der Waals surface area (Å²) in [6.45, 7) is 4.10. The standard InChI is InChI=1S/C20H24N2O2/c1-15-5-3-4-6-19(15)20(23)21-16-7-9-17(10-8-16)24-18-11-13-22(2)14-12-18/h3-10,18H,11-14H2,1-2H3,(H,21,23). The number of benzene rings is 2. The third-order valence-corrected chi connectivity index (χ3v) is 4.47. The van der Waals surface area contributed by atoms with Gasteiger partial charge in [-0.1, -0.05) is 18.2 Å². The van der Waals surface area contributed by atoms with E-state index >= 15 is 0 Å². The molecule has 2 aromatic rings. The molecule has 4 heteroatoms. The van der Waals surface area contributed by atoms with Gasteiger partial charge in [-0.15, -0.1) is 0 Å². The van der Waals surface area contributed by atoms with E-state index in [1.807, 2.05) is 55.5 Å². The fourth-order valence-corrected chi connectivity index (χ4v) is 2.94. The smallest absolute Gasteiger partial charge is 0.255 e. The Morgan fingerprint density at radius 3 is 2.42 bits per heavy atom. The average Bonchev–Trinajstić information content (AvgIpc) is 2.59. The van der Waals surface area contributed by atoms with E-state index in [2.05, 4.69) is 17.3 Å². The van der Waals surface area contributed by atoms with Gasteiger partial charge in [0.2, 0.25) is 0 Å². The van der Waals surface area contributed by atoms with E-state index in [0.717, 1.165) is 42.9 Å². The molecule has 0 radical (unpaired) electrons. The van der Waals surface area contributed by atoms with Gasteiger partial charge in [-0.25, -0.2) is 0 Å². The zero-order valence-corrected chi connectivity index (χ0v) is 14.3. The molecule has 0 bridgehead atoms. The predicted octanol–water partition coefficient (Wildman–Crippen LogP) is 3.72. The molecule has 1 aliphatic rings. The number of amides is 1. The van der Waals surface area contributed by atoms with E-state index in [1.54, 1.807) is 0 Å². The largest absolute Gasteiger partial charge is 0.490 e. The van der Waals surface area contributed by atoms with E-state index < -0.39 is 0 Å². The number of nitrogens with one attached hydrogen (secondary N) is 1. The lowest BCUT2D eigenvalue weighted by molar-refractivity contribution is 0.102. The summed E-state index contributed by atoms with van der Waals surface area (Å²) < 4.78 is 6.03. The second-order valence-electron chi connectivity index (χ2n) is 6.41. The van der Waals surface area contributed by atoms with Crippen LogP contribution in [0.5, 0.6) is 5.75 Å². The highest BCUT2D eigenvalue weighted by Gasteiger charge is 2.18. The van der Waals surface area contributed by atoms with Gasteiger partial charge >= 0.3 is 0 Å². The monoisotopic (exact) mass is 324 g/mol. The molecule has 24 heavy (non-hydrogen) atoms. The van der Waals surface area contributed by atoms with Crippen LogP contribution in [0.15, 0.2) is 48.5 Å². The second-order valence-corrected chi connectivity index (χ2v) is 6.41. The number of piperidine rings is 1. The van der Waals surface area contributed by atoms with Crippen LogP contribution in [0.1, 0.15) is 28.8 Å². The van der Waals surface area contributed by atoms with Crippen molar-refractivity contribution in [2.24, 2.45) is 0 Å². The number of aryl methyl sites for hydroxylation is 1. The van der Waals surface area contributed by atoms with Crippen molar-refractivity contribution in [2.75, 3.05) is 25.5 Å². The molecule has 0 aliphatic carbocycles. The van der Waals surface area contributed by atoms with Crippen LogP contribution in [0.25, 0.3) is 0 Å². The van der Waals surface area contributed by atoms with Gasteiger partial charge in [0.1, 0.15) is 11.9 Å². The highest BCUT2D eigenvalue weighted by Crippen LogP contribution is 2.21. The summed E-state index contributed by atoms with van der Waals surface area (Å²) >= 11 is 0. The van der Waals surface area contributed by atoms with Gasteiger partial charge in [0.15, 0.2) is 0 Å². The first-order chi connectivity index (χ1) is 11.6. The molecule has 3 rings (SSSR count). The minimum atomic E-state index is -0.0860. The van der Waals surface area contributed by atoms with Gasteiger partial charge in [-0.3, -0.25) is 4.79 Å². The van der Waals surface area contributed by atoms with Gasteiger partial charge in [0, 0.05) is 24.3 Å². The molecular formula is C20H24N2O2. The van der Waals surface area contributed by atoms with Crippen molar-refractivity contribution in [3.05, 3.63) is 59.7 Å². The zero-order chi connectivity index (χ0) is 16.9. The summed E-state index contributed by atoms with van der Waals surface area (Å²) in [4.78, 5) is 14.6. The number of hydrogen-bond donors (Lipinski definition) is 1. The number of rotatable bonds is 4. The molecule has 1 fully saturated rings. The van der Waals surface area contributed by atoms with E-state index in [-0.39, 0.29) is 12.0 Å². The molecule has 4 nitrogen and oxygen atoms in total. The lowest BCUT2D eigenvalue weighted by atomic mass is 10.1. The predicted molar refractivity (Wildman–Crippen MR) is 96.7 cm³/mol. The number of anilines is 1. The molecule has 0 aromatic heterocycles. The Hall–Kier alpha value is -2.33. The van der Waals surface area contributed by atoms with Crippen LogP contribution in [0.3, 0.4) is 0 Å². The molecular weight excluding hydrogens is 300 g/mol. The Labute approximate surface area is 143 Å². The highest BCUT2D eigenvalue weighted by atomic mass is 16.5. The number of nitrogens with zero attached hydrogens (tertiary/aromatic N) is 1. The number of carbonyl (C=O) groups excluding carboxylic acids is 1. The molecule has 1 N–H and O–H groups in total. The summed E-state index contributed by atoms with van der Waals surface area (Å²) in [6.07, 6.45) is 2.40. The van der Waals surface area contributed by atoms with Crippen molar-refractivity contribution in [3.63, 3.8) is 0 Å². The zero-order valence-electron chi connectivity index (χ0n) is 14.3. The lowest BCUT2D eigenvalue weighted by Gasteiger charge is -2.29. The fraction of sp³-hybridized carbons (Fsp3) is 0.350. The van der Waals surface area contributed by atoms with Gasteiger partial charge in [-0.05, 0) is 62.7 Å². The maximum absolute atomic E-state index is 12.3. The summed E-state index contributed by atoms with van der Waals surface area (Å²) in [7, 11) is 2.14. The molecule has 126 valence electrons. The van der Waals surface area contributed by atoms with Crippen molar-refractivity contribution >= 4 is 11.6 Å². The van der Waals surface area contributed by atoms with Crippen molar-refractivity contribution in [3.8, 4) is 5.75 Å². The first-order valence-corrected chi connectivity index (χ1v) is 8.44. The van der Waals surface area contributed by atoms with Crippen LogP contribution in [0, 0.1) is 6.92 Å². The maximum Gasteiger partial charge on any atom is 0.255 e. The maximum atomic E-state index is 12.3. The third kappa shape index (κ3) is 4.15. The number of hydrogen-bond acceptors (Lipinski definition) is 3. The number of likely N-dealkylation sites (tertiary alicyclic amines) is 1. The molecule has 0 saturated carbocycles. The Balaban J connectivity index is 1.58. The Morgan fingerprint density at radius 1 is 1.08 bits per heavy atom. The molecule has 1 saturated heterocycles. The van der Waals surface area contributed by atoms with Crippen LogP contribution in [-0.4, -0.2) is 37.0 Å². The molecule has 0 unspecified atom stereocenters. The summed E-state index contributed by atoms with van der Waals surface area (Å²) in [6, 6.07) is 15.2. The van der Waals surface area contributed by atoms with Gasteiger partial charge in [0.05, 0.1) is 0 Å². The van der Waals surface area contributed by atoms with Gasteiger partial charge in [0.25, 0.3) is 5.91 Å². The lowest BCUT2D eigenvalue weighted by Crippen LogP contribution is -2.35. The topological polar surface area (TPSA) is 41.6 Å². The van der Waals surface area contributed by atoms with Crippen LogP contribution < -0.4 is 10.1 Å². The van der Waals surface area contributed by atoms with Crippen molar-refractivity contribution in [1.82, 2.24) is 4.90 Å². The van der Waals surface area contributed by atoms with E-state index in [9.17, 15) is 4.79 Å². The first kappa shape index (κ1) is 16.5. The number of carbonyl (C=O) groups is 1. The second kappa shape index (κ2) is 7.49. The molecule has 1 amide bonds. The van der Waals surface area contributed by atoms with Gasteiger partial charge < -0.3 is 15.0 Å². The normalized spacial score (nSPS) is 15.9. The quantitative estimate of drug-likeness (QED) is 0.932. The molecule has 0 spiro atoms. The van der Waals surface area contributed by atoms with E-state index in [1.165, 1.54) is 0 Å². The minimum absolute atomic E-state index is 0.0860. The molecule has 1 aliphatic heterocycles. The summed E-state index contributed by atoms with van der Waals surface area (Å²) in [5.41, 5.74) is 2.44. The van der Waals surface area contributed by atoms with Gasteiger partial charge in [-0.2, -0.15) is 0 Å². The van der Waals surface area contributed by atoms with Crippen molar-refractivity contribution < 1.29 is 9.53 Å². The average molecular weight is 324 g/mol. The van der Waals surface area contributed by atoms with E-state index in [0.29, 0.717) is 5.56 Å². The molecule has 1 heterocycles.